The summed E-state index contributed by atoms with van der Waals surface area (Å²) in [4.78, 5) is 23.8. The normalized spacial score (nSPS) is 12.4. The lowest BCUT2D eigenvalue weighted by molar-refractivity contribution is -0.137. The second kappa shape index (κ2) is 8.88. The zero-order chi connectivity index (χ0) is 22.8. The number of hydrogen-bond donors (Lipinski definition) is 2. The van der Waals surface area contributed by atoms with Gasteiger partial charge in [0.25, 0.3) is 5.91 Å². The first-order valence-electron chi connectivity index (χ1n) is 8.95. The molecule has 1 unspecified atom stereocenters. The summed E-state index contributed by atoms with van der Waals surface area (Å²) in [5.41, 5.74) is 0.669. The maximum Gasteiger partial charge on any atom is 0.416 e. The highest BCUT2D eigenvalue weighted by molar-refractivity contribution is 9.10. The smallest absolute Gasteiger partial charge is 0.416 e. The minimum atomic E-state index is -4.43. The fourth-order valence-electron chi connectivity index (χ4n) is 2.85. The van der Waals surface area contributed by atoms with Crippen molar-refractivity contribution < 1.29 is 27.9 Å². The molecule has 0 fully saturated rings. The van der Waals surface area contributed by atoms with Gasteiger partial charge in [0.15, 0.2) is 10.3 Å². The lowest BCUT2D eigenvalue weighted by Gasteiger charge is -2.15. The molecule has 1 amide bonds. The number of aromatic nitrogens is 3. The number of carbonyl (C=O) groups is 2. The van der Waals surface area contributed by atoms with Crippen molar-refractivity contribution in [2.75, 3.05) is 0 Å². The van der Waals surface area contributed by atoms with Crippen molar-refractivity contribution >= 4 is 27.8 Å². The minimum Gasteiger partial charge on any atom is -0.478 e. The molecule has 1 atom stereocenters. The second-order valence-corrected chi connectivity index (χ2v) is 7.45. The number of hydrogen-bond acceptors (Lipinski definition) is 4. The standard InChI is InChI=1S/C20H16BrF3N4O3/c1-11(13-4-6-14(7-5-13)19(30)31)25-18(29)16-17(21)26-27-28(16)10-12-2-8-15(9-3-12)20(22,23)24/h2-9,11H,10H2,1H3,(H,25,29)(H,30,31). The Morgan fingerprint density at radius 2 is 1.74 bits per heavy atom. The molecule has 0 saturated heterocycles. The molecule has 0 aliphatic carbocycles. The van der Waals surface area contributed by atoms with Crippen molar-refractivity contribution in [3.8, 4) is 0 Å². The van der Waals surface area contributed by atoms with E-state index < -0.39 is 29.7 Å². The van der Waals surface area contributed by atoms with E-state index in [9.17, 15) is 22.8 Å². The molecule has 31 heavy (non-hydrogen) atoms. The van der Waals surface area contributed by atoms with Gasteiger partial charge < -0.3 is 10.4 Å². The van der Waals surface area contributed by atoms with Crippen molar-refractivity contribution in [1.82, 2.24) is 20.3 Å². The van der Waals surface area contributed by atoms with E-state index in [-0.39, 0.29) is 22.4 Å². The summed E-state index contributed by atoms with van der Waals surface area (Å²) in [7, 11) is 0. The number of carboxylic acids is 1. The van der Waals surface area contributed by atoms with Gasteiger partial charge in [0.05, 0.1) is 23.7 Å². The van der Waals surface area contributed by atoms with Crippen LogP contribution in [-0.2, 0) is 12.7 Å². The molecule has 11 heteroatoms. The number of nitrogens with zero attached hydrogens (tertiary/aromatic N) is 3. The maximum absolute atomic E-state index is 12.8. The van der Waals surface area contributed by atoms with Crippen LogP contribution in [0.25, 0.3) is 0 Å². The van der Waals surface area contributed by atoms with Crippen LogP contribution in [0.5, 0.6) is 0 Å². The van der Waals surface area contributed by atoms with Crippen LogP contribution in [0, 0.1) is 0 Å². The van der Waals surface area contributed by atoms with Crippen molar-refractivity contribution in [2.45, 2.75) is 25.7 Å². The van der Waals surface area contributed by atoms with Gasteiger partial charge in [-0.1, -0.05) is 29.5 Å². The summed E-state index contributed by atoms with van der Waals surface area (Å²) in [6.45, 7) is 1.77. The Hall–Kier alpha value is -3.21. The second-order valence-electron chi connectivity index (χ2n) is 6.70. The number of rotatable bonds is 6. The summed E-state index contributed by atoms with van der Waals surface area (Å²) in [6, 6.07) is 10.2. The predicted octanol–water partition coefficient (Wildman–Crippen LogP) is 4.30. The highest BCUT2D eigenvalue weighted by Gasteiger charge is 2.30. The van der Waals surface area contributed by atoms with Crippen LogP contribution in [-0.4, -0.2) is 32.0 Å². The summed E-state index contributed by atoms with van der Waals surface area (Å²) in [5, 5.41) is 19.5. The number of nitrogens with one attached hydrogen (secondary N) is 1. The maximum atomic E-state index is 12.8. The zero-order valence-corrected chi connectivity index (χ0v) is 17.6. The molecule has 162 valence electrons. The highest BCUT2D eigenvalue weighted by Crippen LogP contribution is 2.29. The molecule has 0 spiro atoms. The van der Waals surface area contributed by atoms with Crippen molar-refractivity contribution in [2.24, 2.45) is 0 Å². The molecule has 1 aromatic heterocycles. The molecule has 2 aromatic carbocycles. The van der Waals surface area contributed by atoms with Gasteiger partial charge in [-0.25, -0.2) is 9.48 Å². The van der Waals surface area contributed by atoms with Gasteiger partial charge in [-0.05, 0) is 58.2 Å². The Bertz CT molecular complexity index is 1100. The SMILES string of the molecule is CC(NC(=O)c1c(Br)nnn1Cc1ccc(C(F)(F)F)cc1)c1ccc(C(=O)O)cc1. The Kier molecular flexibility index (Phi) is 6.44. The number of amides is 1. The highest BCUT2D eigenvalue weighted by atomic mass is 79.9. The van der Waals surface area contributed by atoms with Gasteiger partial charge in [0.2, 0.25) is 0 Å². The van der Waals surface area contributed by atoms with Crippen LogP contribution >= 0.6 is 15.9 Å². The third kappa shape index (κ3) is 5.29. The van der Waals surface area contributed by atoms with E-state index in [1.807, 2.05) is 0 Å². The van der Waals surface area contributed by atoms with Crippen LogP contribution in [0.3, 0.4) is 0 Å². The number of carboxylic acid groups (broad SMARTS) is 1. The quantitative estimate of drug-likeness (QED) is 0.530. The molecule has 0 saturated carbocycles. The Morgan fingerprint density at radius 1 is 1.13 bits per heavy atom. The molecule has 0 radical (unpaired) electrons. The fraction of sp³-hybridized carbons (Fsp3) is 0.200. The zero-order valence-electron chi connectivity index (χ0n) is 16.0. The van der Waals surface area contributed by atoms with Crippen molar-refractivity contribution in [3.63, 3.8) is 0 Å². The molecular weight excluding hydrogens is 481 g/mol. The predicted molar refractivity (Wildman–Crippen MR) is 108 cm³/mol. The molecule has 0 bridgehead atoms. The summed E-state index contributed by atoms with van der Waals surface area (Å²) < 4.78 is 39.6. The summed E-state index contributed by atoms with van der Waals surface area (Å²) in [6.07, 6.45) is -4.43. The van der Waals surface area contributed by atoms with E-state index in [2.05, 4.69) is 31.6 Å². The van der Waals surface area contributed by atoms with E-state index in [1.165, 1.54) is 28.9 Å². The van der Waals surface area contributed by atoms with E-state index in [4.69, 9.17) is 5.11 Å². The largest absolute Gasteiger partial charge is 0.478 e. The van der Waals surface area contributed by atoms with Gasteiger partial charge >= 0.3 is 12.1 Å². The van der Waals surface area contributed by atoms with E-state index >= 15 is 0 Å². The molecular formula is C20H16BrF3N4O3. The first-order valence-corrected chi connectivity index (χ1v) is 9.75. The first kappa shape index (κ1) is 22.5. The number of benzene rings is 2. The average molecular weight is 497 g/mol. The average Bonchev–Trinajstić information content (AvgIpc) is 3.07. The van der Waals surface area contributed by atoms with Crippen LogP contribution in [0.4, 0.5) is 13.2 Å². The van der Waals surface area contributed by atoms with Crippen molar-refractivity contribution in [1.29, 1.82) is 0 Å². The van der Waals surface area contributed by atoms with Crippen molar-refractivity contribution in [3.05, 3.63) is 81.1 Å². The van der Waals surface area contributed by atoms with Crippen LogP contribution in [0.1, 0.15) is 50.5 Å². The lowest BCUT2D eigenvalue weighted by atomic mass is 10.1. The van der Waals surface area contributed by atoms with Gasteiger partial charge in [0.1, 0.15) is 0 Å². The Balaban J connectivity index is 1.75. The van der Waals surface area contributed by atoms with Gasteiger partial charge in [0, 0.05) is 0 Å². The first-order chi connectivity index (χ1) is 14.6. The molecule has 0 aliphatic heterocycles. The monoisotopic (exact) mass is 496 g/mol. The number of aromatic carboxylic acids is 1. The minimum absolute atomic E-state index is 0.0428. The molecule has 3 aromatic rings. The molecule has 1 heterocycles. The van der Waals surface area contributed by atoms with Crippen LogP contribution in [0.2, 0.25) is 0 Å². The van der Waals surface area contributed by atoms with Crippen LogP contribution < -0.4 is 5.32 Å². The Morgan fingerprint density at radius 3 is 2.29 bits per heavy atom. The topological polar surface area (TPSA) is 97.1 Å². The van der Waals surface area contributed by atoms with Gasteiger partial charge in [-0.15, -0.1) is 5.10 Å². The third-order valence-electron chi connectivity index (χ3n) is 4.53. The Labute approximate surface area is 183 Å². The van der Waals surface area contributed by atoms with Crippen LogP contribution in [0.15, 0.2) is 53.1 Å². The van der Waals surface area contributed by atoms with Gasteiger partial charge in [-0.3, -0.25) is 4.79 Å². The van der Waals surface area contributed by atoms with Gasteiger partial charge in [-0.2, -0.15) is 13.2 Å². The van der Waals surface area contributed by atoms with E-state index in [1.54, 1.807) is 19.1 Å². The third-order valence-corrected chi connectivity index (χ3v) is 5.06. The molecule has 0 aliphatic rings. The van der Waals surface area contributed by atoms with E-state index in [0.717, 1.165) is 12.1 Å². The molecule has 2 N–H and O–H groups in total. The van der Waals surface area contributed by atoms with E-state index in [0.29, 0.717) is 11.1 Å². The number of alkyl halides is 3. The summed E-state index contributed by atoms with van der Waals surface area (Å²) in [5.74, 6) is -1.55. The lowest BCUT2D eigenvalue weighted by Crippen LogP contribution is -2.29. The number of carbonyl (C=O) groups excluding carboxylic acids is 1. The summed E-state index contributed by atoms with van der Waals surface area (Å²) >= 11 is 3.17. The molecule has 3 rings (SSSR count). The number of halogens is 4. The molecule has 7 nitrogen and oxygen atoms in total. The fourth-order valence-corrected chi connectivity index (χ4v) is 3.30.